The number of carbonyl (C=O) groups is 2. The highest BCUT2D eigenvalue weighted by Crippen LogP contribution is 2.33. The smallest absolute Gasteiger partial charge is 0.308 e. The van der Waals surface area contributed by atoms with Crippen LogP contribution in [-0.2, 0) is 16.0 Å². The van der Waals surface area contributed by atoms with Crippen molar-refractivity contribution in [1.29, 1.82) is 0 Å². The van der Waals surface area contributed by atoms with Crippen LogP contribution in [0.2, 0.25) is 0 Å². The monoisotopic (exact) mass is 337 g/mol. The molecule has 0 saturated carbocycles. The Balaban J connectivity index is 1.65. The van der Waals surface area contributed by atoms with E-state index in [1.165, 1.54) is 5.56 Å². The van der Waals surface area contributed by atoms with Crippen molar-refractivity contribution in [1.82, 2.24) is 4.90 Å². The molecular formula is C21H23NO3. The number of rotatable bonds is 5. The summed E-state index contributed by atoms with van der Waals surface area (Å²) < 4.78 is 0. The average Bonchev–Trinajstić information content (AvgIpc) is 3.07. The lowest BCUT2D eigenvalue weighted by Gasteiger charge is -2.16. The van der Waals surface area contributed by atoms with E-state index in [-0.39, 0.29) is 11.8 Å². The molecule has 0 radical (unpaired) electrons. The highest BCUT2D eigenvalue weighted by molar-refractivity contribution is 5.79. The minimum atomic E-state index is -0.831. The largest absolute Gasteiger partial charge is 0.481 e. The molecule has 1 fully saturated rings. The van der Waals surface area contributed by atoms with Crippen LogP contribution in [0.4, 0.5) is 0 Å². The van der Waals surface area contributed by atoms with Gasteiger partial charge in [0.05, 0.1) is 5.92 Å². The lowest BCUT2D eigenvalue weighted by molar-refractivity contribution is -0.141. The summed E-state index contributed by atoms with van der Waals surface area (Å²) in [5.74, 6) is -1.47. The van der Waals surface area contributed by atoms with Crippen molar-refractivity contribution in [3.05, 3.63) is 71.3 Å². The van der Waals surface area contributed by atoms with E-state index in [2.05, 4.69) is 0 Å². The quantitative estimate of drug-likeness (QED) is 0.911. The molecule has 2 aromatic rings. The summed E-state index contributed by atoms with van der Waals surface area (Å²) in [6.45, 7) is 2.81. The SMILES string of the molecule is Cc1ccc(CCC(=O)N2C[C@H](C(=O)O)[C@H](c3ccccc3)C2)cc1. The highest BCUT2D eigenvalue weighted by atomic mass is 16.4. The number of amides is 1. The Labute approximate surface area is 148 Å². The topological polar surface area (TPSA) is 57.6 Å². The van der Waals surface area contributed by atoms with Gasteiger partial charge < -0.3 is 10.0 Å². The molecule has 0 aliphatic carbocycles. The van der Waals surface area contributed by atoms with Gasteiger partial charge in [0.25, 0.3) is 0 Å². The third-order valence-electron chi connectivity index (χ3n) is 4.97. The molecule has 0 aromatic heterocycles. The standard InChI is InChI=1S/C21H23NO3/c1-15-7-9-16(10-8-15)11-12-20(23)22-13-18(19(14-22)21(24)25)17-5-3-2-4-6-17/h2-10,18-19H,11-14H2,1H3,(H,24,25)/t18-,19-/m0/s1. The fourth-order valence-corrected chi connectivity index (χ4v) is 3.46. The maximum absolute atomic E-state index is 12.6. The summed E-state index contributed by atoms with van der Waals surface area (Å²) in [5.41, 5.74) is 3.32. The third-order valence-corrected chi connectivity index (χ3v) is 4.97. The molecule has 0 spiro atoms. The van der Waals surface area contributed by atoms with Gasteiger partial charge in [-0.25, -0.2) is 0 Å². The highest BCUT2D eigenvalue weighted by Gasteiger charge is 2.40. The Morgan fingerprint density at radius 2 is 1.72 bits per heavy atom. The lowest BCUT2D eigenvalue weighted by Crippen LogP contribution is -2.30. The van der Waals surface area contributed by atoms with E-state index < -0.39 is 11.9 Å². The Hall–Kier alpha value is -2.62. The van der Waals surface area contributed by atoms with E-state index in [0.29, 0.717) is 25.9 Å². The zero-order chi connectivity index (χ0) is 17.8. The summed E-state index contributed by atoms with van der Waals surface area (Å²) in [7, 11) is 0. The molecule has 1 heterocycles. The van der Waals surface area contributed by atoms with Crippen LogP contribution in [0.3, 0.4) is 0 Å². The van der Waals surface area contributed by atoms with E-state index in [1.807, 2.05) is 61.5 Å². The predicted molar refractivity (Wildman–Crippen MR) is 96.4 cm³/mol. The molecule has 2 atom stereocenters. The minimum absolute atomic E-state index is 0.0326. The second-order valence-electron chi connectivity index (χ2n) is 6.75. The van der Waals surface area contributed by atoms with Crippen LogP contribution in [-0.4, -0.2) is 35.0 Å². The van der Waals surface area contributed by atoms with Crippen LogP contribution < -0.4 is 0 Å². The Morgan fingerprint density at radius 3 is 2.36 bits per heavy atom. The number of carbonyl (C=O) groups excluding carboxylic acids is 1. The second kappa shape index (κ2) is 7.51. The molecule has 1 aliphatic heterocycles. The number of nitrogens with zero attached hydrogens (tertiary/aromatic N) is 1. The number of aliphatic carboxylic acids is 1. The molecule has 1 aliphatic rings. The van der Waals surface area contributed by atoms with E-state index in [9.17, 15) is 14.7 Å². The summed E-state index contributed by atoms with van der Waals surface area (Å²) in [5, 5.41) is 9.54. The van der Waals surface area contributed by atoms with Crippen molar-refractivity contribution in [2.45, 2.75) is 25.7 Å². The lowest BCUT2D eigenvalue weighted by atomic mass is 9.89. The van der Waals surface area contributed by atoms with Crippen LogP contribution in [0.15, 0.2) is 54.6 Å². The summed E-state index contributed by atoms with van der Waals surface area (Å²) >= 11 is 0. The summed E-state index contributed by atoms with van der Waals surface area (Å²) in [4.78, 5) is 25.9. The van der Waals surface area contributed by atoms with Crippen molar-refractivity contribution >= 4 is 11.9 Å². The Bertz CT molecular complexity index is 739. The molecular weight excluding hydrogens is 314 g/mol. The Morgan fingerprint density at radius 1 is 1.04 bits per heavy atom. The molecule has 0 unspecified atom stereocenters. The average molecular weight is 337 g/mol. The normalized spacial score (nSPS) is 19.8. The van der Waals surface area contributed by atoms with Gasteiger partial charge in [-0.05, 0) is 24.5 Å². The van der Waals surface area contributed by atoms with Gasteiger partial charge in [0.15, 0.2) is 0 Å². The van der Waals surface area contributed by atoms with Crippen LogP contribution >= 0.6 is 0 Å². The first kappa shape index (κ1) is 17.2. The summed E-state index contributed by atoms with van der Waals surface area (Å²) in [6, 6.07) is 17.8. The van der Waals surface area contributed by atoms with Crippen molar-refractivity contribution < 1.29 is 14.7 Å². The van der Waals surface area contributed by atoms with Gasteiger partial charge in [-0.2, -0.15) is 0 Å². The fraction of sp³-hybridized carbons (Fsp3) is 0.333. The first-order valence-corrected chi connectivity index (χ1v) is 8.65. The van der Waals surface area contributed by atoms with Crippen LogP contribution in [0, 0.1) is 12.8 Å². The number of hydrogen-bond donors (Lipinski definition) is 1. The number of aryl methyl sites for hydroxylation is 2. The predicted octanol–water partition coefficient (Wildman–Crippen LogP) is 3.25. The van der Waals surface area contributed by atoms with Gasteiger partial charge in [0, 0.05) is 25.4 Å². The maximum atomic E-state index is 12.6. The fourth-order valence-electron chi connectivity index (χ4n) is 3.46. The van der Waals surface area contributed by atoms with Gasteiger partial charge in [-0.3, -0.25) is 9.59 Å². The van der Waals surface area contributed by atoms with Crippen molar-refractivity contribution in [2.24, 2.45) is 5.92 Å². The number of likely N-dealkylation sites (tertiary alicyclic amines) is 1. The van der Waals surface area contributed by atoms with E-state index in [0.717, 1.165) is 11.1 Å². The molecule has 3 rings (SSSR count). The van der Waals surface area contributed by atoms with Crippen LogP contribution in [0.1, 0.15) is 29.0 Å². The van der Waals surface area contributed by atoms with Crippen molar-refractivity contribution in [2.75, 3.05) is 13.1 Å². The number of hydrogen-bond acceptors (Lipinski definition) is 2. The van der Waals surface area contributed by atoms with E-state index in [4.69, 9.17) is 0 Å². The molecule has 1 saturated heterocycles. The van der Waals surface area contributed by atoms with Gasteiger partial charge in [-0.1, -0.05) is 60.2 Å². The molecule has 0 bridgehead atoms. The maximum Gasteiger partial charge on any atom is 0.308 e. The number of carboxylic acids is 1. The van der Waals surface area contributed by atoms with Crippen LogP contribution in [0.5, 0.6) is 0 Å². The zero-order valence-electron chi connectivity index (χ0n) is 14.4. The van der Waals surface area contributed by atoms with Gasteiger partial charge in [0.1, 0.15) is 0 Å². The second-order valence-corrected chi connectivity index (χ2v) is 6.75. The molecule has 1 N–H and O–H groups in total. The number of benzene rings is 2. The first-order valence-electron chi connectivity index (χ1n) is 8.65. The van der Waals surface area contributed by atoms with Gasteiger partial charge in [-0.15, -0.1) is 0 Å². The van der Waals surface area contributed by atoms with Crippen molar-refractivity contribution in [3.63, 3.8) is 0 Å². The molecule has 2 aromatic carbocycles. The molecule has 1 amide bonds. The summed E-state index contributed by atoms with van der Waals surface area (Å²) in [6.07, 6.45) is 1.10. The third kappa shape index (κ3) is 4.08. The number of carboxylic acid groups (broad SMARTS) is 1. The zero-order valence-corrected chi connectivity index (χ0v) is 14.4. The van der Waals surface area contributed by atoms with Crippen molar-refractivity contribution in [3.8, 4) is 0 Å². The van der Waals surface area contributed by atoms with Crippen LogP contribution in [0.25, 0.3) is 0 Å². The minimum Gasteiger partial charge on any atom is -0.481 e. The van der Waals surface area contributed by atoms with Gasteiger partial charge in [0.2, 0.25) is 5.91 Å². The molecule has 4 heteroatoms. The molecule has 25 heavy (non-hydrogen) atoms. The van der Waals surface area contributed by atoms with Gasteiger partial charge >= 0.3 is 5.97 Å². The van der Waals surface area contributed by atoms with E-state index in [1.54, 1.807) is 4.90 Å². The van der Waals surface area contributed by atoms with E-state index >= 15 is 0 Å². The molecule has 4 nitrogen and oxygen atoms in total. The molecule has 130 valence electrons. The Kier molecular flexibility index (Phi) is 5.17. The first-order chi connectivity index (χ1) is 12.0.